The number of rotatable bonds is 6. The van der Waals surface area contributed by atoms with Gasteiger partial charge in [0, 0.05) is 22.6 Å². The zero-order chi connectivity index (χ0) is 24.3. The second-order valence-electron chi connectivity index (χ2n) is 8.15. The summed E-state index contributed by atoms with van der Waals surface area (Å²) in [5, 5.41) is 14.0. The number of guanidine groups is 1. The molecule has 0 radical (unpaired) electrons. The number of carbonyl (C=O) groups is 2. The summed E-state index contributed by atoms with van der Waals surface area (Å²) in [6.45, 7) is 5.12. The van der Waals surface area contributed by atoms with Gasteiger partial charge in [0.05, 0.1) is 16.3 Å². The van der Waals surface area contributed by atoms with Gasteiger partial charge in [0.1, 0.15) is 12.1 Å². The Bertz CT molecular complexity index is 1110. The predicted molar refractivity (Wildman–Crippen MR) is 125 cm³/mol. The van der Waals surface area contributed by atoms with Crippen molar-refractivity contribution in [1.82, 2.24) is 5.32 Å². The van der Waals surface area contributed by atoms with E-state index >= 15 is 0 Å². The first-order valence-electron chi connectivity index (χ1n) is 9.87. The molecule has 0 aliphatic carbocycles. The predicted octanol–water partition coefficient (Wildman–Crippen LogP) is 2.47. The number of aliphatic imine (C=N–C) groups is 1. The Morgan fingerprint density at radius 3 is 2.45 bits per heavy atom. The molecule has 1 aliphatic rings. The number of fused-ring (bicyclic) bond motifs is 1. The van der Waals surface area contributed by atoms with Gasteiger partial charge in [0.25, 0.3) is 11.6 Å². The summed E-state index contributed by atoms with van der Waals surface area (Å²) >= 11 is 1.20. The highest BCUT2D eigenvalue weighted by Gasteiger charge is 2.35. The van der Waals surface area contributed by atoms with Crippen LogP contribution in [0.3, 0.4) is 0 Å². The Hall–Kier alpha value is -3.80. The zero-order valence-electron chi connectivity index (χ0n) is 18.3. The lowest BCUT2D eigenvalue weighted by Gasteiger charge is -2.28. The molecule has 5 N–H and O–H groups in total. The van der Waals surface area contributed by atoms with E-state index in [1.807, 2.05) is 0 Å². The molecule has 0 fully saturated rings. The number of nitrogens with one attached hydrogen (secondary N) is 1. The number of hydrogen-bond acceptors (Lipinski definition) is 8. The molecule has 1 amide bonds. The molecular formula is C21H24N6O5S. The maximum atomic E-state index is 12.9. The van der Waals surface area contributed by atoms with Gasteiger partial charge in [0.2, 0.25) is 0 Å². The Morgan fingerprint density at radius 1 is 1.21 bits per heavy atom. The van der Waals surface area contributed by atoms with Crippen molar-refractivity contribution in [1.29, 1.82) is 0 Å². The number of benzene rings is 2. The zero-order valence-corrected chi connectivity index (χ0v) is 19.1. The van der Waals surface area contributed by atoms with Gasteiger partial charge < -0.3 is 26.4 Å². The van der Waals surface area contributed by atoms with Crippen LogP contribution in [-0.4, -0.2) is 40.4 Å². The first-order valence-corrected chi connectivity index (χ1v) is 10.7. The maximum Gasteiger partial charge on any atom is 0.326 e. The fraction of sp³-hybridized carbons (Fsp3) is 0.286. The first-order chi connectivity index (χ1) is 15.4. The number of non-ortho nitro benzene ring substituents is 1. The molecule has 0 bridgehead atoms. The second kappa shape index (κ2) is 9.36. The van der Waals surface area contributed by atoms with Crippen LogP contribution in [-0.2, 0) is 9.53 Å². The van der Waals surface area contributed by atoms with Crippen LogP contribution in [0.5, 0.6) is 0 Å². The van der Waals surface area contributed by atoms with E-state index in [0.717, 1.165) is 0 Å². The Kier molecular flexibility index (Phi) is 6.77. The quantitative estimate of drug-likeness (QED) is 0.188. The van der Waals surface area contributed by atoms with Crippen LogP contribution >= 0.6 is 11.8 Å². The van der Waals surface area contributed by atoms with Crippen LogP contribution in [0, 0.1) is 10.1 Å². The van der Waals surface area contributed by atoms with Gasteiger partial charge in [-0.15, -0.1) is 0 Å². The third-order valence-corrected chi connectivity index (χ3v) is 5.52. The third kappa shape index (κ3) is 6.13. The molecule has 1 atom stereocenters. The lowest BCUT2D eigenvalue weighted by Crippen LogP contribution is -2.47. The number of nitrogens with two attached hydrogens (primary N) is 2. The first kappa shape index (κ1) is 23.9. The average Bonchev–Trinajstić information content (AvgIpc) is 3.02. The number of amides is 1. The van der Waals surface area contributed by atoms with E-state index < -0.39 is 27.9 Å². The largest absolute Gasteiger partial charge is 0.459 e. The van der Waals surface area contributed by atoms with E-state index in [9.17, 15) is 19.7 Å². The van der Waals surface area contributed by atoms with Crippen LogP contribution in [0.1, 0.15) is 31.1 Å². The second-order valence-corrected chi connectivity index (χ2v) is 9.27. The molecule has 0 saturated heterocycles. The molecule has 0 spiro atoms. The van der Waals surface area contributed by atoms with Crippen LogP contribution in [0.2, 0.25) is 0 Å². The minimum Gasteiger partial charge on any atom is -0.459 e. The van der Waals surface area contributed by atoms with Crippen molar-refractivity contribution >= 4 is 46.7 Å². The summed E-state index contributed by atoms with van der Waals surface area (Å²) in [5.74, 6) is -0.991. The number of nitro groups is 1. The summed E-state index contributed by atoms with van der Waals surface area (Å²) in [6.07, 6.45) is 0. The smallest absolute Gasteiger partial charge is 0.326 e. The lowest BCUT2D eigenvalue weighted by atomic mass is 10.2. The highest BCUT2D eigenvalue weighted by atomic mass is 32.2. The molecule has 33 heavy (non-hydrogen) atoms. The van der Waals surface area contributed by atoms with Crippen LogP contribution in [0.4, 0.5) is 17.1 Å². The Labute approximate surface area is 194 Å². The average molecular weight is 473 g/mol. The Morgan fingerprint density at radius 2 is 1.88 bits per heavy atom. The van der Waals surface area contributed by atoms with E-state index in [4.69, 9.17) is 16.2 Å². The van der Waals surface area contributed by atoms with Gasteiger partial charge in [-0.1, -0.05) is 11.8 Å². The number of thioether (sulfide) groups is 1. The number of hydrogen-bond donors (Lipinski definition) is 3. The van der Waals surface area contributed by atoms with Crippen molar-refractivity contribution in [2.75, 3.05) is 11.4 Å². The monoisotopic (exact) mass is 472 g/mol. The summed E-state index contributed by atoms with van der Waals surface area (Å²) < 4.78 is 5.42. The summed E-state index contributed by atoms with van der Waals surface area (Å²) in [4.78, 5) is 42.2. The van der Waals surface area contributed by atoms with Crippen molar-refractivity contribution in [3.8, 4) is 0 Å². The molecule has 2 aromatic rings. The van der Waals surface area contributed by atoms with Crippen molar-refractivity contribution in [3.63, 3.8) is 0 Å². The fourth-order valence-corrected chi connectivity index (χ4v) is 4.30. The number of esters is 1. The molecule has 12 heteroatoms. The van der Waals surface area contributed by atoms with Crippen molar-refractivity contribution in [2.45, 2.75) is 36.8 Å². The number of ether oxygens (including phenoxy) is 1. The molecule has 11 nitrogen and oxygen atoms in total. The number of anilines is 1. The van der Waals surface area contributed by atoms with E-state index in [1.54, 1.807) is 56.0 Å². The normalized spacial score (nSPS) is 14.9. The van der Waals surface area contributed by atoms with Crippen molar-refractivity contribution in [3.05, 3.63) is 58.1 Å². The number of nitrogens with zero attached hydrogens (tertiary/aromatic N) is 3. The summed E-state index contributed by atoms with van der Waals surface area (Å²) in [7, 11) is 0. The van der Waals surface area contributed by atoms with Gasteiger partial charge in [-0.25, -0.2) is 4.99 Å². The standard InChI is InChI=1S/C21H24N6O5S/c1-21(2,3)32-17(28)11-26-15-9-8-14(27(30)31)10-16(15)33-20(26)25-18(29)12-4-6-13(7-5-12)24-19(22)23/h4-10,20H,11H2,1-3H3,(H,25,29)(H4,22,23,24). The van der Waals surface area contributed by atoms with Gasteiger partial charge >= 0.3 is 5.97 Å². The van der Waals surface area contributed by atoms with E-state index in [2.05, 4.69) is 10.3 Å². The SMILES string of the molecule is CC(C)(C)OC(=O)CN1c2ccc([N+](=O)[O-])cc2SC1NC(=O)c1ccc(N=C(N)N)cc1. The highest BCUT2D eigenvalue weighted by Crippen LogP contribution is 2.44. The highest BCUT2D eigenvalue weighted by molar-refractivity contribution is 8.00. The minimum atomic E-state index is -0.682. The molecule has 3 rings (SSSR count). The van der Waals surface area contributed by atoms with Gasteiger partial charge in [-0.05, 0) is 51.1 Å². The van der Waals surface area contributed by atoms with E-state index in [1.165, 1.54) is 23.9 Å². The van der Waals surface area contributed by atoms with Crippen LogP contribution in [0.25, 0.3) is 0 Å². The van der Waals surface area contributed by atoms with E-state index in [0.29, 0.717) is 21.8 Å². The summed E-state index contributed by atoms with van der Waals surface area (Å²) in [6, 6.07) is 10.6. The van der Waals surface area contributed by atoms with Gasteiger partial charge in [-0.3, -0.25) is 19.7 Å². The minimum absolute atomic E-state index is 0.0826. The topological polar surface area (TPSA) is 166 Å². The Balaban J connectivity index is 1.83. The molecule has 174 valence electrons. The van der Waals surface area contributed by atoms with Crippen molar-refractivity contribution < 1.29 is 19.2 Å². The van der Waals surface area contributed by atoms with E-state index in [-0.39, 0.29) is 18.2 Å². The molecule has 1 unspecified atom stereocenters. The molecule has 0 saturated carbocycles. The fourth-order valence-electron chi connectivity index (χ4n) is 3.08. The molecule has 1 heterocycles. The van der Waals surface area contributed by atoms with Gasteiger partial charge in [-0.2, -0.15) is 0 Å². The number of nitro benzene ring substituents is 1. The van der Waals surface area contributed by atoms with Crippen molar-refractivity contribution in [2.24, 2.45) is 16.5 Å². The molecule has 0 aromatic heterocycles. The molecule has 1 aliphatic heterocycles. The maximum absolute atomic E-state index is 12.9. The molecular weight excluding hydrogens is 448 g/mol. The van der Waals surface area contributed by atoms with Crippen LogP contribution in [0.15, 0.2) is 52.4 Å². The lowest BCUT2D eigenvalue weighted by molar-refractivity contribution is -0.385. The van der Waals surface area contributed by atoms with Crippen LogP contribution < -0.4 is 21.7 Å². The summed E-state index contributed by atoms with van der Waals surface area (Å²) in [5.41, 5.74) is 10.7. The number of carbonyl (C=O) groups excluding carboxylic acids is 2. The molecule has 2 aromatic carbocycles. The third-order valence-electron chi connectivity index (χ3n) is 4.35. The van der Waals surface area contributed by atoms with Gasteiger partial charge in [0.15, 0.2) is 11.5 Å².